The van der Waals surface area contributed by atoms with Crippen LogP contribution in [0.4, 0.5) is 5.82 Å². The van der Waals surface area contributed by atoms with Gasteiger partial charge >= 0.3 is 0 Å². The minimum absolute atomic E-state index is 0.00163. The predicted molar refractivity (Wildman–Crippen MR) is 100 cm³/mol. The van der Waals surface area contributed by atoms with E-state index in [2.05, 4.69) is 26.3 Å². The van der Waals surface area contributed by atoms with Crippen molar-refractivity contribution in [2.45, 2.75) is 13.2 Å². The molecular formula is C19H18BrN3O2. The van der Waals surface area contributed by atoms with Crippen LogP contribution in [0.2, 0.25) is 0 Å². The van der Waals surface area contributed by atoms with Gasteiger partial charge in [-0.2, -0.15) is 5.10 Å². The van der Waals surface area contributed by atoms with E-state index in [1.54, 1.807) is 16.9 Å². The number of hydrogen-bond acceptors (Lipinski definition) is 3. The normalized spacial score (nSPS) is 10.6. The molecule has 3 aromatic rings. The maximum absolute atomic E-state index is 12.1. The van der Waals surface area contributed by atoms with Gasteiger partial charge in [-0.25, -0.2) is 4.68 Å². The van der Waals surface area contributed by atoms with Crippen LogP contribution in [-0.2, 0) is 22.7 Å². The summed E-state index contributed by atoms with van der Waals surface area (Å²) in [5.74, 6) is 0.449. The van der Waals surface area contributed by atoms with Crippen molar-refractivity contribution >= 4 is 27.7 Å². The van der Waals surface area contributed by atoms with Crippen molar-refractivity contribution in [3.05, 3.63) is 82.5 Å². The van der Waals surface area contributed by atoms with Gasteiger partial charge < -0.3 is 10.1 Å². The molecular weight excluding hydrogens is 382 g/mol. The molecule has 0 aliphatic rings. The Morgan fingerprint density at radius 1 is 1.04 bits per heavy atom. The smallest absolute Gasteiger partial charge is 0.251 e. The summed E-state index contributed by atoms with van der Waals surface area (Å²) in [5.41, 5.74) is 2.14. The van der Waals surface area contributed by atoms with Crippen molar-refractivity contribution in [3.8, 4) is 0 Å². The molecule has 128 valence electrons. The van der Waals surface area contributed by atoms with Crippen molar-refractivity contribution in [3.63, 3.8) is 0 Å². The highest BCUT2D eigenvalue weighted by Gasteiger charge is 2.08. The fraction of sp³-hybridized carbons (Fsp3) is 0.158. The third-order valence-corrected chi connectivity index (χ3v) is 4.10. The number of hydrogen-bond donors (Lipinski definition) is 1. The monoisotopic (exact) mass is 399 g/mol. The summed E-state index contributed by atoms with van der Waals surface area (Å²) in [5, 5.41) is 7.10. The fourth-order valence-electron chi connectivity index (χ4n) is 2.34. The number of anilines is 1. The Kier molecular flexibility index (Phi) is 5.98. The fourth-order valence-corrected chi connectivity index (χ4v) is 2.61. The van der Waals surface area contributed by atoms with E-state index < -0.39 is 0 Å². The molecule has 1 amide bonds. The van der Waals surface area contributed by atoms with Crippen molar-refractivity contribution in [1.82, 2.24) is 9.78 Å². The lowest BCUT2D eigenvalue weighted by atomic mass is 10.2. The maximum Gasteiger partial charge on any atom is 0.251 e. The SMILES string of the molecule is O=C(COCc1ccccc1)Nc1ccnn1Cc1ccc(Br)cc1. The molecule has 5 nitrogen and oxygen atoms in total. The second-order valence-electron chi connectivity index (χ2n) is 5.53. The molecule has 2 aromatic carbocycles. The summed E-state index contributed by atoms with van der Waals surface area (Å²) in [6, 6.07) is 19.5. The van der Waals surface area contributed by atoms with Crippen LogP contribution in [0.3, 0.4) is 0 Å². The van der Waals surface area contributed by atoms with Gasteiger partial charge in [0, 0.05) is 10.5 Å². The van der Waals surface area contributed by atoms with E-state index in [0.717, 1.165) is 15.6 Å². The standard InChI is InChI=1S/C19H18BrN3O2/c20-17-8-6-15(7-9-17)12-23-18(10-11-21-23)22-19(24)14-25-13-16-4-2-1-3-5-16/h1-11H,12-14H2,(H,22,24). The Bertz CT molecular complexity index is 816. The average Bonchev–Trinajstić information content (AvgIpc) is 3.04. The maximum atomic E-state index is 12.1. The molecule has 3 rings (SSSR count). The minimum Gasteiger partial charge on any atom is -0.367 e. The van der Waals surface area contributed by atoms with Crippen molar-refractivity contribution < 1.29 is 9.53 Å². The lowest BCUT2D eigenvalue weighted by Crippen LogP contribution is -2.20. The molecule has 25 heavy (non-hydrogen) atoms. The molecule has 1 heterocycles. The Labute approximate surface area is 154 Å². The van der Waals surface area contributed by atoms with Gasteiger partial charge in [-0.15, -0.1) is 0 Å². The Hall–Kier alpha value is -2.44. The van der Waals surface area contributed by atoms with E-state index in [0.29, 0.717) is 19.0 Å². The number of carbonyl (C=O) groups is 1. The van der Waals surface area contributed by atoms with Gasteiger partial charge in [0.1, 0.15) is 12.4 Å². The van der Waals surface area contributed by atoms with Crippen molar-refractivity contribution in [2.24, 2.45) is 0 Å². The van der Waals surface area contributed by atoms with Crippen LogP contribution in [0.25, 0.3) is 0 Å². The van der Waals surface area contributed by atoms with Crippen LogP contribution in [0.1, 0.15) is 11.1 Å². The first kappa shape index (κ1) is 17.4. The zero-order valence-corrected chi connectivity index (χ0v) is 15.1. The molecule has 0 atom stereocenters. The van der Waals surface area contributed by atoms with Gasteiger partial charge in [0.05, 0.1) is 19.3 Å². The average molecular weight is 400 g/mol. The van der Waals surface area contributed by atoms with Gasteiger partial charge in [-0.1, -0.05) is 58.4 Å². The Morgan fingerprint density at radius 3 is 2.56 bits per heavy atom. The number of nitrogens with zero attached hydrogens (tertiary/aromatic N) is 2. The zero-order valence-electron chi connectivity index (χ0n) is 13.6. The van der Waals surface area contributed by atoms with Gasteiger partial charge in [0.2, 0.25) is 0 Å². The number of amides is 1. The lowest BCUT2D eigenvalue weighted by Gasteiger charge is -2.10. The van der Waals surface area contributed by atoms with Crippen LogP contribution < -0.4 is 5.32 Å². The molecule has 0 radical (unpaired) electrons. The zero-order chi connectivity index (χ0) is 17.5. The van der Waals surface area contributed by atoms with Gasteiger partial charge in [-0.05, 0) is 23.3 Å². The number of rotatable bonds is 7. The predicted octanol–water partition coefficient (Wildman–Crippen LogP) is 3.85. The van der Waals surface area contributed by atoms with E-state index in [4.69, 9.17) is 4.74 Å². The van der Waals surface area contributed by atoms with Crippen LogP contribution in [0.15, 0.2) is 71.3 Å². The lowest BCUT2D eigenvalue weighted by molar-refractivity contribution is -0.121. The minimum atomic E-state index is -0.200. The second kappa shape index (κ2) is 8.60. The third-order valence-electron chi connectivity index (χ3n) is 3.57. The third kappa shape index (κ3) is 5.27. The Morgan fingerprint density at radius 2 is 1.80 bits per heavy atom. The molecule has 1 aromatic heterocycles. The van der Waals surface area contributed by atoms with E-state index >= 15 is 0 Å². The van der Waals surface area contributed by atoms with Crippen LogP contribution in [-0.4, -0.2) is 22.3 Å². The van der Waals surface area contributed by atoms with Crippen molar-refractivity contribution in [2.75, 3.05) is 11.9 Å². The number of nitrogens with one attached hydrogen (secondary N) is 1. The highest BCUT2D eigenvalue weighted by Crippen LogP contribution is 2.14. The Balaban J connectivity index is 1.52. The molecule has 0 spiro atoms. The summed E-state index contributed by atoms with van der Waals surface area (Å²) in [6.07, 6.45) is 1.67. The molecule has 0 aliphatic carbocycles. The first-order valence-corrected chi connectivity index (χ1v) is 8.68. The quantitative estimate of drug-likeness (QED) is 0.656. The molecule has 6 heteroatoms. The van der Waals surface area contributed by atoms with Crippen LogP contribution in [0.5, 0.6) is 0 Å². The summed E-state index contributed by atoms with van der Waals surface area (Å²) in [6.45, 7) is 0.992. The molecule has 0 saturated heterocycles. The van der Waals surface area contributed by atoms with Gasteiger partial charge in [0.25, 0.3) is 5.91 Å². The molecule has 0 saturated carbocycles. The number of benzene rings is 2. The number of halogens is 1. The van der Waals surface area contributed by atoms with Gasteiger partial charge in [-0.3, -0.25) is 4.79 Å². The second-order valence-corrected chi connectivity index (χ2v) is 6.44. The highest BCUT2D eigenvalue weighted by molar-refractivity contribution is 9.10. The van der Waals surface area contributed by atoms with E-state index in [1.165, 1.54) is 0 Å². The first-order chi connectivity index (χ1) is 12.2. The number of aromatic nitrogens is 2. The number of carbonyl (C=O) groups excluding carboxylic acids is 1. The summed E-state index contributed by atoms with van der Waals surface area (Å²) in [7, 11) is 0. The first-order valence-electron chi connectivity index (χ1n) is 7.88. The van der Waals surface area contributed by atoms with E-state index in [1.807, 2.05) is 54.6 Å². The summed E-state index contributed by atoms with van der Waals surface area (Å²) >= 11 is 3.42. The highest BCUT2D eigenvalue weighted by atomic mass is 79.9. The molecule has 0 unspecified atom stereocenters. The summed E-state index contributed by atoms with van der Waals surface area (Å²) < 4.78 is 8.23. The van der Waals surface area contributed by atoms with Gasteiger partial charge in [0.15, 0.2) is 0 Å². The summed E-state index contributed by atoms with van der Waals surface area (Å²) in [4.78, 5) is 12.1. The molecule has 1 N–H and O–H groups in total. The topological polar surface area (TPSA) is 56.1 Å². The van der Waals surface area contributed by atoms with Crippen molar-refractivity contribution in [1.29, 1.82) is 0 Å². The molecule has 0 fully saturated rings. The molecule has 0 bridgehead atoms. The van der Waals surface area contributed by atoms with E-state index in [-0.39, 0.29) is 12.5 Å². The van der Waals surface area contributed by atoms with E-state index in [9.17, 15) is 4.79 Å². The molecule has 0 aliphatic heterocycles. The largest absolute Gasteiger partial charge is 0.367 e. The van der Waals surface area contributed by atoms with Crippen LogP contribution >= 0.6 is 15.9 Å². The van der Waals surface area contributed by atoms with Crippen LogP contribution in [0, 0.1) is 0 Å². The number of ether oxygens (including phenoxy) is 1.